The monoisotopic (exact) mass is 264 g/mol. The van der Waals surface area contributed by atoms with E-state index in [0.717, 1.165) is 22.2 Å². The van der Waals surface area contributed by atoms with E-state index in [2.05, 4.69) is 12.2 Å². The van der Waals surface area contributed by atoms with Crippen molar-refractivity contribution in [3.63, 3.8) is 0 Å². The normalized spacial score (nSPS) is 12.2. The number of rotatable bonds is 4. The van der Waals surface area contributed by atoms with E-state index in [0.29, 0.717) is 0 Å². The summed E-state index contributed by atoms with van der Waals surface area (Å²) in [7, 11) is 3.95. The van der Waals surface area contributed by atoms with Crippen molar-refractivity contribution in [1.82, 2.24) is 0 Å². The number of furan rings is 1. The Labute approximate surface area is 112 Å². The minimum Gasteiger partial charge on any atom is -0.467 e. The highest BCUT2D eigenvalue weighted by Gasteiger charge is 2.13. The highest BCUT2D eigenvalue weighted by molar-refractivity contribution is 6.34. The molecule has 2 rings (SSSR count). The summed E-state index contributed by atoms with van der Waals surface area (Å²) in [6.45, 7) is 2.05. The predicted molar refractivity (Wildman–Crippen MR) is 76.5 cm³/mol. The van der Waals surface area contributed by atoms with Crippen LogP contribution >= 0.6 is 11.6 Å². The van der Waals surface area contributed by atoms with E-state index in [-0.39, 0.29) is 6.04 Å². The third-order valence-electron chi connectivity index (χ3n) is 2.78. The molecule has 0 spiro atoms. The van der Waals surface area contributed by atoms with Crippen molar-refractivity contribution in [3.8, 4) is 0 Å². The lowest BCUT2D eigenvalue weighted by Gasteiger charge is -2.22. The van der Waals surface area contributed by atoms with Gasteiger partial charge in [-0.3, -0.25) is 0 Å². The van der Waals surface area contributed by atoms with Gasteiger partial charge < -0.3 is 14.6 Å². The Kier molecular flexibility index (Phi) is 3.82. The minimum atomic E-state index is 0.0946. The van der Waals surface area contributed by atoms with Crippen LogP contribution in [-0.2, 0) is 0 Å². The van der Waals surface area contributed by atoms with Gasteiger partial charge in [-0.05, 0) is 31.2 Å². The lowest BCUT2D eigenvalue weighted by molar-refractivity contribution is 0.490. The fourth-order valence-corrected chi connectivity index (χ4v) is 2.27. The molecular formula is C14H17ClN2O. The van der Waals surface area contributed by atoms with Crippen LogP contribution in [0.25, 0.3) is 0 Å². The molecule has 1 unspecified atom stereocenters. The topological polar surface area (TPSA) is 28.4 Å². The Morgan fingerprint density at radius 3 is 2.61 bits per heavy atom. The molecule has 0 saturated heterocycles. The van der Waals surface area contributed by atoms with Crippen molar-refractivity contribution in [1.29, 1.82) is 0 Å². The SMILES string of the molecule is CC(Nc1cccc(Cl)c1N(C)C)c1ccco1. The Morgan fingerprint density at radius 2 is 2.00 bits per heavy atom. The van der Waals surface area contributed by atoms with Gasteiger partial charge in [-0.15, -0.1) is 0 Å². The van der Waals surface area contributed by atoms with Crippen LogP contribution in [0, 0.1) is 0 Å². The molecule has 1 N–H and O–H groups in total. The summed E-state index contributed by atoms with van der Waals surface area (Å²) in [6, 6.07) is 9.78. The van der Waals surface area contributed by atoms with Gasteiger partial charge in [0.1, 0.15) is 5.76 Å². The molecule has 18 heavy (non-hydrogen) atoms. The largest absolute Gasteiger partial charge is 0.467 e. The molecule has 0 aliphatic rings. The Morgan fingerprint density at radius 1 is 1.22 bits per heavy atom. The quantitative estimate of drug-likeness (QED) is 0.898. The number of para-hydroxylation sites is 1. The van der Waals surface area contributed by atoms with E-state index < -0.39 is 0 Å². The molecule has 96 valence electrons. The lowest BCUT2D eigenvalue weighted by Crippen LogP contribution is -2.14. The van der Waals surface area contributed by atoms with Crippen molar-refractivity contribution >= 4 is 23.0 Å². The van der Waals surface area contributed by atoms with E-state index in [4.69, 9.17) is 16.0 Å². The number of halogens is 1. The minimum absolute atomic E-state index is 0.0946. The summed E-state index contributed by atoms with van der Waals surface area (Å²) in [5.41, 5.74) is 1.98. The average molecular weight is 265 g/mol. The van der Waals surface area contributed by atoms with Crippen LogP contribution in [0.3, 0.4) is 0 Å². The Balaban J connectivity index is 2.26. The van der Waals surface area contributed by atoms with E-state index in [1.165, 1.54) is 0 Å². The van der Waals surface area contributed by atoms with Crippen molar-refractivity contribution < 1.29 is 4.42 Å². The standard InChI is InChI=1S/C14H17ClN2O/c1-10(13-8-5-9-18-13)16-12-7-4-6-11(15)14(12)17(2)3/h4-10,16H,1-3H3. The van der Waals surface area contributed by atoms with Crippen LogP contribution in [0.1, 0.15) is 18.7 Å². The molecule has 2 aromatic rings. The number of hydrogen-bond acceptors (Lipinski definition) is 3. The molecule has 4 heteroatoms. The van der Waals surface area contributed by atoms with Crippen molar-refractivity contribution in [3.05, 3.63) is 47.4 Å². The second-order valence-corrected chi connectivity index (χ2v) is 4.82. The van der Waals surface area contributed by atoms with Crippen LogP contribution in [-0.4, -0.2) is 14.1 Å². The smallest absolute Gasteiger partial charge is 0.125 e. The van der Waals surface area contributed by atoms with Gasteiger partial charge in [0.15, 0.2) is 0 Å². The van der Waals surface area contributed by atoms with E-state index in [1.807, 2.05) is 49.3 Å². The summed E-state index contributed by atoms with van der Waals surface area (Å²) < 4.78 is 5.39. The van der Waals surface area contributed by atoms with Gasteiger partial charge in [-0.1, -0.05) is 17.7 Å². The molecule has 3 nitrogen and oxygen atoms in total. The first-order valence-corrected chi connectivity index (χ1v) is 6.23. The first-order chi connectivity index (χ1) is 8.59. The average Bonchev–Trinajstić information content (AvgIpc) is 2.81. The number of benzene rings is 1. The zero-order valence-electron chi connectivity index (χ0n) is 10.8. The molecule has 1 aromatic carbocycles. The van der Waals surface area contributed by atoms with Crippen LogP contribution < -0.4 is 10.2 Å². The summed E-state index contributed by atoms with van der Waals surface area (Å²) in [5, 5.41) is 4.15. The zero-order valence-corrected chi connectivity index (χ0v) is 11.5. The number of nitrogens with one attached hydrogen (secondary N) is 1. The fourth-order valence-electron chi connectivity index (χ4n) is 1.93. The highest BCUT2D eigenvalue weighted by Crippen LogP contribution is 2.34. The van der Waals surface area contributed by atoms with E-state index >= 15 is 0 Å². The second-order valence-electron chi connectivity index (χ2n) is 4.41. The van der Waals surface area contributed by atoms with Crippen LogP contribution in [0.15, 0.2) is 41.0 Å². The zero-order chi connectivity index (χ0) is 13.1. The molecule has 0 aliphatic carbocycles. The van der Waals surface area contributed by atoms with Crippen molar-refractivity contribution in [2.75, 3.05) is 24.3 Å². The van der Waals surface area contributed by atoms with E-state index in [1.54, 1.807) is 6.26 Å². The van der Waals surface area contributed by atoms with Gasteiger partial charge in [0.2, 0.25) is 0 Å². The molecule has 0 saturated carbocycles. The van der Waals surface area contributed by atoms with Crippen LogP contribution in [0.2, 0.25) is 5.02 Å². The maximum Gasteiger partial charge on any atom is 0.125 e. The molecule has 1 heterocycles. The van der Waals surface area contributed by atoms with Crippen LogP contribution in [0.4, 0.5) is 11.4 Å². The molecular weight excluding hydrogens is 248 g/mol. The van der Waals surface area contributed by atoms with Gasteiger partial charge in [0, 0.05) is 14.1 Å². The second kappa shape index (κ2) is 5.36. The van der Waals surface area contributed by atoms with Crippen molar-refractivity contribution in [2.24, 2.45) is 0 Å². The van der Waals surface area contributed by atoms with Crippen LogP contribution in [0.5, 0.6) is 0 Å². The summed E-state index contributed by atoms with van der Waals surface area (Å²) in [5.74, 6) is 0.902. The molecule has 0 radical (unpaired) electrons. The Bertz CT molecular complexity index is 509. The van der Waals surface area contributed by atoms with Gasteiger partial charge >= 0.3 is 0 Å². The first kappa shape index (κ1) is 12.8. The van der Waals surface area contributed by atoms with Crippen molar-refractivity contribution in [2.45, 2.75) is 13.0 Å². The van der Waals surface area contributed by atoms with E-state index in [9.17, 15) is 0 Å². The predicted octanol–water partition coefficient (Wildman–Crippen LogP) is 4.17. The number of hydrogen-bond donors (Lipinski definition) is 1. The maximum atomic E-state index is 6.23. The molecule has 0 amide bonds. The number of nitrogens with zero attached hydrogens (tertiary/aromatic N) is 1. The van der Waals surface area contributed by atoms with Gasteiger partial charge in [-0.2, -0.15) is 0 Å². The summed E-state index contributed by atoms with van der Waals surface area (Å²) >= 11 is 6.23. The lowest BCUT2D eigenvalue weighted by atomic mass is 10.2. The fraction of sp³-hybridized carbons (Fsp3) is 0.286. The Hall–Kier alpha value is -1.61. The highest BCUT2D eigenvalue weighted by atomic mass is 35.5. The molecule has 0 fully saturated rings. The van der Waals surface area contributed by atoms with Gasteiger partial charge in [-0.25, -0.2) is 0 Å². The third-order valence-corrected chi connectivity index (χ3v) is 3.08. The molecule has 1 aromatic heterocycles. The number of anilines is 2. The maximum absolute atomic E-state index is 6.23. The summed E-state index contributed by atoms with van der Waals surface area (Å²) in [6.07, 6.45) is 1.68. The molecule has 1 atom stereocenters. The molecule has 0 aliphatic heterocycles. The van der Waals surface area contributed by atoms with Gasteiger partial charge in [0.25, 0.3) is 0 Å². The van der Waals surface area contributed by atoms with Gasteiger partial charge in [0.05, 0.1) is 28.7 Å². The third kappa shape index (κ3) is 2.62. The molecule has 0 bridgehead atoms. The first-order valence-electron chi connectivity index (χ1n) is 5.85. The summed E-state index contributed by atoms with van der Waals surface area (Å²) in [4.78, 5) is 2.00.